The molecule has 50 heavy (non-hydrogen) atoms. The third-order valence-corrected chi connectivity index (χ3v) is 7.15. The van der Waals surface area contributed by atoms with Crippen molar-refractivity contribution >= 4 is 47.3 Å². The van der Waals surface area contributed by atoms with Crippen LogP contribution in [0.25, 0.3) is 0 Å². The van der Waals surface area contributed by atoms with Crippen molar-refractivity contribution in [2.24, 2.45) is 23.3 Å². The molecule has 0 aromatic carbocycles. The summed E-state index contributed by atoms with van der Waals surface area (Å²) in [5.74, 6) is -8.56. The lowest BCUT2D eigenvalue weighted by Gasteiger charge is -2.27. The zero-order valence-corrected chi connectivity index (χ0v) is 29.4. The van der Waals surface area contributed by atoms with Crippen LogP contribution in [0.5, 0.6) is 0 Å². The van der Waals surface area contributed by atoms with E-state index in [-0.39, 0.29) is 24.7 Å². The number of carbonyl (C=O) groups is 8. The van der Waals surface area contributed by atoms with Gasteiger partial charge in [-0.1, -0.05) is 27.7 Å². The fourth-order valence-electron chi connectivity index (χ4n) is 4.36. The first-order valence-electron chi connectivity index (χ1n) is 16.1. The molecular formula is C30H54N8O12. The Labute approximate surface area is 290 Å². The van der Waals surface area contributed by atoms with Gasteiger partial charge >= 0.3 is 5.97 Å². The predicted molar refractivity (Wildman–Crippen MR) is 176 cm³/mol. The van der Waals surface area contributed by atoms with Gasteiger partial charge in [0.1, 0.15) is 42.3 Å². The Morgan fingerprint density at radius 1 is 0.560 bits per heavy atom. The maximum Gasteiger partial charge on any atom is 0.326 e. The van der Waals surface area contributed by atoms with E-state index in [1.54, 1.807) is 27.7 Å². The van der Waals surface area contributed by atoms with Crippen molar-refractivity contribution in [1.29, 1.82) is 0 Å². The first-order valence-corrected chi connectivity index (χ1v) is 16.1. The highest BCUT2D eigenvalue weighted by molar-refractivity contribution is 5.98. The maximum absolute atomic E-state index is 13.3. The van der Waals surface area contributed by atoms with Gasteiger partial charge in [-0.2, -0.15) is 0 Å². The summed E-state index contributed by atoms with van der Waals surface area (Å²) < 4.78 is 0. The standard InChI is InChI=1S/C30H54N8O12/c1-12(2)8-17(25(44)35-18(10-21(31)42)26(45)36-19(30(49)50)9-13(3)4)34-24(43)14(5)33-29(48)23(16(7)41)38-27(46)20(11-39)37-28(47)22(32)15(6)40/h12-20,22-23,39-41H,8-11,32H2,1-7H3,(H2,31,42)(H,33,48)(H,34,43)(H,35,44)(H,36,45)(H,37,47)(H,38,46)(H,49,50)/t14-,15+,16+,17-,18-,19-,20-,22-,23-/m0/s1. The number of hydrogen-bond acceptors (Lipinski definition) is 12. The number of amides is 7. The summed E-state index contributed by atoms with van der Waals surface area (Å²) in [6.45, 7) is 9.60. The van der Waals surface area contributed by atoms with Crippen LogP contribution in [0.3, 0.4) is 0 Å². The van der Waals surface area contributed by atoms with E-state index < -0.39 is 115 Å². The average Bonchev–Trinajstić information content (AvgIpc) is 2.99. The first-order chi connectivity index (χ1) is 23.0. The van der Waals surface area contributed by atoms with E-state index in [0.29, 0.717) is 0 Å². The Morgan fingerprint density at radius 3 is 1.44 bits per heavy atom. The highest BCUT2D eigenvalue weighted by Gasteiger charge is 2.34. The molecule has 0 bridgehead atoms. The molecule has 0 spiro atoms. The molecule has 286 valence electrons. The number of nitrogens with two attached hydrogens (primary N) is 2. The van der Waals surface area contributed by atoms with Gasteiger partial charge in [0.25, 0.3) is 0 Å². The fraction of sp³-hybridized carbons (Fsp3) is 0.733. The lowest BCUT2D eigenvalue weighted by Crippen LogP contribution is -2.62. The number of carboxylic acid groups (broad SMARTS) is 1. The quantitative estimate of drug-likeness (QED) is 0.0500. The van der Waals surface area contributed by atoms with Crippen LogP contribution in [0.4, 0.5) is 0 Å². The van der Waals surface area contributed by atoms with Gasteiger partial charge in [0, 0.05) is 0 Å². The van der Waals surface area contributed by atoms with Gasteiger partial charge in [0.15, 0.2) is 0 Å². The summed E-state index contributed by atoms with van der Waals surface area (Å²) >= 11 is 0. The van der Waals surface area contributed by atoms with Gasteiger partial charge in [-0.25, -0.2) is 4.79 Å². The highest BCUT2D eigenvalue weighted by Crippen LogP contribution is 2.09. The average molecular weight is 719 g/mol. The van der Waals surface area contributed by atoms with Gasteiger partial charge in [0.05, 0.1) is 25.2 Å². The van der Waals surface area contributed by atoms with Crippen molar-refractivity contribution in [1.82, 2.24) is 31.9 Å². The van der Waals surface area contributed by atoms with Crippen LogP contribution in [-0.4, -0.2) is 129 Å². The summed E-state index contributed by atoms with van der Waals surface area (Å²) in [6.07, 6.45) is -3.42. The number of primary amides is 1. The molecule has 14 N–H and O–H groups in total. The molecule has 0 aliphatic carbocycles. The van der Waals surface area contributed by atoms with E-state index in [2.05, 4.69) is 31.9 Å². The number of aliphatic carboxylic acids is 1. The minimum Gasteiger partial charge on any atom is -0.480 e. The molecule has 0 rings (SSSR count). The zero-order chi connectivity index (χ0) is 39.0. The van der Waals surface area contributed by atoms with Crippen LogP contribution in [0.2, 0.25) is 0 Å². The summed E-state index contributed by atoms with van der Waals surface area (Å²) in [6, 6.07) is -10.3. The Balaban J connectivity index is 5.80. The third kappa shape index (κ3) is 16.3. The van der Waals surface area contributed by atoms with E-state index in [4.69, 9.17) is 11.5 Å². The molecule has 0 radical (unpaired) electrons. The largest absolute Gasteiger partial charge is 0.480 e. The van der Waals surface area contributed by atoms with Crippen molar-refractivity contribution < 1.29 is 58.8 Å². The van der Waals surface area contributed by atoms with Gasteiger partial charge in [-0.3, -0.25) is 33.6 Å². The Hall–Kier alpha value is -4.40. The van der Waals surface area contributed by atoms with E-state index in [1.165, 1.54) is 13.8 Å². The molecule has 20 heteroatoms. The number of aliphatic hydroxyl groups excluding tert-OH is 3. The lowest BCUT2D eigenvalue weighted by atomic mass is 10.0. The Morgan fingerprint density at radius 2 is 1.00 bits per heavy atom. The van der Waals surface area contributed by atoms with Crippen molar-refractivity contribution in [2.75, 3.05) is 6.61 Å². The van der Waals surface area contributed by atoms with E-state index in [9.17, 15) is 58.8 Å². The van der Waals surface area contributed by atoms with Crippen molar-refractivity contribution in [3.05, 3.63) is 0 Å². The Kier molecular flexibility index (Phi) is 19.7. The number of hydrogen-bond donors (Lipinski definition) is 12. The molecule has 0 fully saturated rings. The van der Waals surface area contributed by atoms with Gasteiger partial charge in [0.2, 0.25) is 41.4 Å². The minimum absolute atomic E-state index is 0.0214. The molecule has 0 saturated carbocycles. The first kappa shape index (κ1) is 45.6. The van der Waals surface area contributed by atoms with Crippen LogP contribution in [-0.2, 0) is 38.4 Å². The topological polar surface area (TPSA) is 342 Å². The summed E-state index contributed by atoms with van der Waals surface area (Å²) in [4.78, 5) is 101. The van der Waals surface area contributed by atoms with Gasteiger partial charge in [-0.05, 0) is 45.4 Å². The predicted octanol–water partition coefficient (Wildman–Crippen LogP) is -4.95. The number of rotatable bonds is 22. The molecule has 0 aliphatic rings. The molecule has 0 aliphatic heterocycles. The normalized spacial score (nSPS) is 16.7. The lowest BCUT2D eigenvalue weighted by molar-refractivity contribution is -0.143. The van der Waals surface area contributed by atoms with E-state index in [1.807, 2.05) is 0 Å². The van der Waals surface area contributed by atoms with Gasteiger partial charge in [-0.15, -0.1) is 0 Å². The van der Waals surface area contributed by atoms with E-state index >= 15 is 0 Å². The number of carbonyl (C=O) groups excluding carboxylic acids is 7. The molecule has 0 heterocycles. The van der Waals surface area contributed by atoms with Crippen LogP contribution in [0.15, 0.2) is 0 Å². The number of carboxylic acids is 1. The second kappa shape index (κ2) is 21.6. The van der Waals surface area contributed by atoms with Crippen LogP contribution in [0, 0.1) is 11.8 Å². The molecule has 0 saturated heterocycles. The molecule has 9 atom stereocenters. The molecule has 0 aromatic rings. The minimum atomic E-state index is -1.69. The fourth-order valence-corrected chi connectivity index (χ4v) is 4.36. The molecular weight excluding hydrogens is 664 g/mol. The maximum atomic E-state index is 13.3. The van der Waals surface area contributed by atoms with Crippen LogP contribution in [0.1, 0.15) is 67.7 Å². The highest BCUT2D eigenvalue weighted by atomic mass is 16.4. The third-order valence-electron chi connectivity index (χ3n) is 7.15. The second-order valence-corrected chi connectivity index (χ2v) is 12.9. The molecule has 20 nitrogen and oxygen atoms in total. The second-order valence-electron chi connectivity index (χ2n) is 12.9. The number of aliphatic hydroxyl groups is 3. The van der Waals surface area contributed by atoms with E-state index in [0.717, 1.165) is 6.92 Å². The smallest absolute Gasteiger partial charge is 0.326 e. The summed E-state index contributed by atoms with van der Waals surface area (Å²) in [7, 11) is 0. The van der Waals surface area contributed by atoms with Crippen LogP contribution < -0.4 is 43.4 Å². The SMILES string of the molecule is CC(C)C[C@H](NC(=O)[C@H](CC(N)=O)NC(=O)[C@H](CC(C)C)NC(=O)[C@H](C)NC(=O)[C@@H](NC(=O)[C@H](CO)NC(=O)[C@@H](N)[C@@H](C)O)[C@@H](C)O)C(=O)O. The molecule has 0 aromatic heterocycles. The van der Waals surface area contributed by atoms with Gasteiger partial charge < -0.3 is 63.8 Å². The Bertz CT molecular complexity index is 1210. The summed E-state index contributed by atoms with van der Waals surface area (Å²) in [5, 5.41) is 52.4. The summed E-state index contributed by atoms with van der Waals surface area (Å²) in [5.41, 5.74) is 10.8. The van der Waals surface area contributed by atoms with Crippen molar-refractivity contribution in [3.63, 3.8) is 0 Å². The molecule has 0 unspecified atom stereocenters. The number of nitrogens with one attached hydrogen (secondary N) is 6. The zero-order valence-electron chi connectivity index (χ0n) is 29.4. The van der Waals surface area contributed by atoms with Crippen LogP contribution >= 0.6 is 0 Å². The molecule has 7 amide bonds. The monoisotopic (exact) mass is 718 g/mol. The van der Waals surface area contributed by atoms with Crippen molar-refractivity contribution in [2.45, 2.75) is 122 Å². The van der Waals surface area contributed by atoms with Crippen molar-refractivity contribution in [3.8, 4) is 0 Å².